The first-order chi connectivity index (χ1) is 8.99. The van der Waals surface area contributed by atoms with E-state index in [0.29, 0.717) is 12.3 Å². The smallest absolute Gasteiger partial charge is 0.307 e. The van der Waals surface area contributed by atoms with Gasteiger partial charge in [0.05, 0.1) is 11.8 Å². The van der Waals surface area contributed by atoms with Crippen molar-refractivity contribution in [3.05, 3.63) is 0 Å². The van der Waals surface area contributed by atoms with E-state index in [4.69, 9.17) is 0 Å². The first kappa shape index (κ1) is 16.0. The summed E-state index contributed by atoms with van der Waals surface area (Å²) in [5.41, 5.74) is 0. The van der Waals surface area contributed by atoms with Crippen LogP contribution in [0.15, 0.2) is 0 Å². The van der Waals surface area contributed by atoms with Gasteiger partial charge in [0.15, 0.2) is 0 Å². The van der Waals surface area contributed by atoms with Crippen molar-refractivity contribution >= 4 is 11.9 Å². The number of nitrogens with one attached hydrogen (secondary N) is 1. The molecule has 1 saturated carbocycles. The number of aliphatic carboxylic acids is 1. The van der Waals surface area contributed by atoms with Crippen LogP contribution in [0.3, 0.4) is 0 Å². The van der Waals surface area contributed by atoms with Gasteiger partial charge in [-0.3, -0.25) is 9.59 Å². The number of hydrogen-bond acceptors (Lipinski definition) is 2. The maximum absolute atomic E-state index is 12.2. The Labute approximate surface area is 116 Å². The Bertz CT molecular complexity index is 317. The second-order valence-corrected chi connectivity index (χ2v) is 5.85. The van der Waals surface area contributed by atoms with Gasteiger partial charge < -0.3 is 10.4 Å². The lowest BCUT2D eigenvalue weighted by Gasteiger charge is -2.19. The Morgan fingerprint density at radius 3 is 2.42 bits per heavy atom. The first-order valence-corrected chi connectivity index (χ1v) is 7.52. The van der Waals surface area contributed by atoms with Gasteiger partial charge in [0, 0.05) is 6.04 Å². The second-order valence-electron chi connectivity index (χ2n) is 5.85. The van der Waals surface area contributed by atoms with Crippen LogP contribution in [0.2, 0.25) is 0 Å². The SMILES string of the molecule is CCCCC(C)NC(=O)C1CC(CC)CC1C(=O)O. The van der Waals surface area contributed by atoms with E-state index in [0.717, 1.165) is 32.1 Å². The lowest BCUT2D eigenvalue weighted by molar-refractivity contribution is -0.146. The van der Waals surface area contributed by atoms with E-state index < -0.39 is 11.9 Å². The van der Waals surface area contributed by atoms with Crippen molar-refractivity contribution in [1.82, 2.24) is 5.32 Å². The molecule has 110 valence electrons. The number of carbonyl (C=O) groups excluding carboxylic acids is 1. The summed E-state index contributed by atoms with van der Waals surface area (Å²) in [5, 5.41) is 12.2. The maximum atomic E-state index is 12.2. The van der Waals surface area contributed by atoms with Crippen LogP contribution in [0.1, 0.15) is 59.3 Å². The minimum atomic E-state index is -0.822. The Hall–Kier alpha value is -1.06. The van der Waals surface area contributed by atoms with Crippen LogP contribution >= 0.6 is 0 Å². The molecular weight excluding hydrogens is 242 g/mol. The topological polar surface area (TPSA) is 66.4 Å². The van der Waals surface area contributed by atoms with Gasteiger partial charge in [-0.15, -0.1) is 0 Å². The summed E-state index contributed by atoms with van der Waals surface area (Å²) >= 11 is 0. The molecule has 0 saturated heterocycles. The van der Waals surface area contributed by atoms with Crippen LogP contribution in [0.5, 0.6) is 0 Å². The van der Waals surface area contributed by atoms with Crippen molar-refractivity contribution in [3.63, 3.8) is 0 Å². The lowest BCUT2D eigenvalue weighted by Crippen LogP contribution is -2.40. The van der Waals surface area contributed by atoms with Crippen LogP contribution in [0, 0.1) is 17.8 Å². The molecule has 19 heavy (non-hydrogen) atoms. The fraction of sp³-hybridized carbons (Fsp3) is 0.867. The van der Waals surface area contributed by atoms with Crippen molar-refractivity contribution in [3.8, 4) is 0 Å². The molecule has 0 aromatic heterocycles. The van der Waals surface area contributed by atoms with Gasteiger partial charge in [0.25, 0.3) is 0 Å². The summed E-state index contributed by atoms with van der Waals surface area (Å²) in [7, 11) is 0. The van der Waals surface area contributed by atoms with E-state index in [1.165, 1.54) is 0 Å². The molecule has 4 unspecified atom stereocenters. The highest BCUT2D eigenvalue weighted by molar-refractivity contribution is 5.85. The minimum absolute atomic E-state index is 0.0630. The maximum Gasteiger partial charge on any atom is 0.307 e. The molecule has 0 bridgehead atoms. The van der Waals surface area contributed by atoms with E-state index in [2.05, 4.69) is 19.2 Å². The normalized spacial score (nSPS) is 28.1. The summed E-state index contributed by atoms with van der Waals surface area (Å²) in [4.78, 5) is 23.5. The minimum Gasteiger partial charge on any atom is -0.481 e. The zero-order chi connectivity index (χ0) is 14.4. The average molecular weight is 269 g/mol. The zero-order valence-corrected chi connectivity index (χ0v) is 12.3. The third-order valence-corrected chi connectivity index (χ3v) is 4.27. The van der Waals surface area contributed by atoms with Crippen molar-refractivity contribution in [2.75, 3.05) is 0 Å². The summed E-state index contributed by atoms with van der Waals surface area (Å²) in [6, 6.07) is 0.141. The van der Waals surface area contributed by atoms with Gasteiger partial charge in [-0.1, -0.05) is 33.1 Å². The Kier molecular flexibility index (Phi) is 6.32. The van der Waals surface area contributed by atoms with Crippen LogP contribution in [0.4, 0.5) is 0 Å². The van der Waals surface area contributed by atoms with Crippen molar-refractivity contribution in [2.24, 2.45) is 17.8 Å². The number of rotatable bonds is 7. The van der Waals surface area contributed by atoms with Crippen molar-refractivity contribution < 1.29 is 14.7 Å². The molecule has 1 aliphatic carbocycles. The highest BCUT2D eigenvalue weighted by Gasteiger charge is 2.42. The van der Waals surface area contributed by atoms with Crippen LogP contribution < -0.4 is 5.32 Å². The molecule has 4 atom stereocenters. The largest absolute Gasteiger partial charge is 0.481 e. The molecule has 4 nitrogen and oxygen atoms in total. The van der Waals surface area contributed by atoms with E-state index in [9.17, 15) is 14.7 Å². The number of unbranched alkanes of at least 4 members (excludes halogenated alkanes) is 1. The third-order valence-electron chi connectivity index (χ3n) is 4.27. The summed E-state index contributed by atoms with van der Waals surface area (Å²) < 4.78 is 0. The number of hydrogen-bond donors (Lipinski definition) is 2. The van der Waals surface area contributed by atoms with Crippen LogP contribution in [-0.4, -0.2) is 23.0 Å². The molecule has 0 aromatic carbocycles. The van der Waals surface area contributed by atoms with Gasteiger partial charge in [-0.05, 0) is 32.1 Å². The molecule has 1 fully saturated rings. The van der Waals surface area contributed by atoms with E-state index in [1.807, 2.05) is 6.92 Å². The summed E-state index contributed by atoms with van der Waals surface area (Å²) in [6.07, 6.45) is 5.49. The van der Waals surface area contributed by atoms with Gasteiger partial charge in [0.2, 0.25) is 5.91 Å². The Balaban J connectivity index is 2.56. The van der Waals surface area contributed by atoms with Gasteiger partial charge in [-0.25, -0.2) is 0 Å². The Morgan fingerprint density at radius 2 is 1.89 bits per heavy atom. The fourth-order valence-electron chi connectivity index (χ4n) is 2.97. The molecule has 0 heterocycles. The monoisotopic (exact) mass is 269 g/mol. The molecule has 4 heteroatoms. The van der Waals surface area contributed by atoms with Gasteiger partial charge >= 0.3 is 5.97 Å². The van der Waals surface area contributed by atoms with Crippen LogP contribution in [0.25, 0.3) is 0 Å². The van der Waals surface area contributed by atoms with Crippen molar-refractivity contribution in [2.45, 2.75) is 65.3 Å². The predicted molar refractivity (Wildman–Crippen MR) is 74.8 cm³/mol. The lowest BCUT2D eigenvalue weighted by atomic mass is 9.95. The highest BCUT2D eigenvalue weighted by atomic mass is 16.4. The fourth-order valence-corrected chi connectivity index (χ4v) is 2.97. The molecule has 2 N–H and O–H groups in total. The molecular formula is C15H27NO3. The quantitative estimate of drug-likeness (QED) is 0.747. The third kappa shape index (κ3) is 4.51. The zero-order valence-electron chi connectivity index (χ0n) is 12.3. The summed E-state index contributed by atoms with van der Waals surface area (Å²) in [6.45, 7) is 6.18. The molecule has 1 rings (SSSR count). The van der Waals surface area contributed by atoms with Gasteiger partial charge in [-0.2, -0.15) is 0 Å². The van der Waals surface area contributed by atoms with Crippen molar-refractivity contribution in [1.29, 1.82) is 0 Å². The van der Waals surface area contributed by atoms with E-state index in [-0.39, 0.29) is 17.9 Å². The molecule has 1 amide bonds. The highest BCUT2D eigenvalue weighted by Crippen LogP contribution is 2.38. The number of carbonyl (C=O) groups is 2. The molecule has 0 spiro atoms. The average Bonchev–Trinajstić information content (AvgIpc) is 2.80. The molecule has 1 aliphatic rings. The number of carboxylic acids is 1. The molecule has 0 radical (unpaired) electrons. The molecule has 0 aromatic rings. The number of amides is 1. The second kappa shape index (κ2) is 7.51. The van der Waals surface area contributed by atoms with E-state index in [1.54, 1.807) is 0 Å². The standard InChI is InChI=1S/C15H27NO3/c1-4-6-7-10(3)16-14(17)12-8-11(5-2)9-13(12)15(18)19/h10-13H,4-9H2,1-3H3,(H,16,17)(H,18,19). The van der Waals surface area contributed by atoms with Gasteiger partial charge in [0.1, 0.15) is 0 Å². The first-order valence-electron chi connectivity index (χ1n) is 7.52. The predicted octanol–water partition coefficient (Wildman–Crippen LogP) is 2.82. The van der Waals surface area contributed by atoms with Crippen LogP contribution in [-0.2, 0) is 9.59 Å². The number of carboxylic acid groups (broad SMARTS) is 1. The summed E-state index contributed by atoms with van der Waals surface area (Å²) in [5.74, 6) is -1.35. The Morgan fingerprint density at radius 1 is 1.26 bits per heavy atom. The van der Waals surface area contributed by atoms with E-state index >= 15 is 0 Å². The molecule has 0 aliphatic heterocycles.